The van der Waals surface area contributed by atoms with Crippen LogP contribution in [0.5, 0.6) is 5.75 Å². The number of ether oxygens (including phenoxy) is 1. The zero-order chi connectivity index (χ0) is 11.4. The van der Waals surface area contributed by atoms with E-state index in [1.54, 1.807) is 13.2 Å². The first-order chi connectivity index (χ1) is 7.10. The predicted molar refractivity (Wildman–Crippen MR) is 61.4 cm³/mol. The molecule has 15 heavy (non-hydrogen) atoms. The fourth-order valence-electron chi connectivity index (χ4n) is 1.43. The average molecular weight is 230 g/mol. The van der Waals surface area contributed by atoms with Crippen molar-refractivity contribution in [1.82, 2.24) is 0 Å². The summed E-state index contributed by atoms with van der Waals surface area (Å²) >= 11 is 6.01. The zero-order valence-corrected chi connectivity index (χ0v) is 9.71. The Balaban J connectivity index is 3.09. The Labute approximate surface area is 94.8 Å². The second-order valence-corrected chi connectivity index (χ2v) is 3.87. The summed E-state index contributed by atoms with van der Waals surface area (Å²) in [6.07, 6.45) is 0.496. The number of hydrogen-bond donors (Lipinski definition) is 2. The van der Waals surface area contributed by atoms with Gasteiger partial charge in [0.2, 0.25) is 0 Å². The van der Waals surface area contributed by atoms with Crippen LogP contribution in [0.1, 0.15) is 23.6 Å². The number of aliphatic hydroxyl groups excluding tert-OH is 1. The molecule has 0 fully saturated rings. The molecule has 0 saturated heterocycles. The minimum absolute atomic E-state index is 0.0514. The van der Waals surface area contributed by atoms with E-state index in [2.05, 4.69) is 0 Å². The fraction of sp³-hybridized carbons (Fsp3) is 0.455. The van der Waals surface area contributed by atoms with E-state index in [1.165, 1.54) is 0 Å². The summed E-state index contributed by atoms with van der Waals surface area (Å²) in [6, 6.07) is 3.41. The lowest BCUT2D eigenvalue weighted by atomic mass is 10.0. The van der Waals surface area contributed by atoms with Gasteiger partial charge in [-0.25, -0.2) is 0 Å². The van der Waals surface area contributed by atoms with Crippen molar-refractivity contribution in [3.63, 3.8) is 0 Å². The fourth-order valence-corrected chi connectivity index (χ4v) is 1.60. The van der Waals surface area contributed by atoms with Crippen LogP contribution in [0.2, 0.25) is 5.02 Å². The van der Waals surface area contributed by atoms with Crippen LogP contribution in [-0.4, -0.2) is 18.8 Å². The summed E-state index contributed by atoms with van der Waals surface area (Å²) < 4.78 is 5.23. The van der Waals surface area contributed by atoms with Crippen molar-refractivity contribution in [3.8, 4) is 5.75 Å². The Bertz CT molecular complexity index is 342. The van der Waals surface area contributed by atoms with Gasteiger partial charge in [0.1, 0.15) is 5.75 Å². The molecule has 0 aliphatic rings. The van der Waals surface area contributed by atoms with Gasteiger partial charge in [0.25, 0.3) is 0 Å². The monoisotopic (exact) mass is 229 g/mol. The first-order valence-corrected chi connectivity index (χ1v) is 5.18. The zero-order valence-electron chi connectivity index (χ0n) is 8.96. The van der Waals surface area contributed by atoms with Gasteiger partial charge in [-0.1, -0.05) is 11.6 Å². The SMILES string of the molecule is COc1cc(C)c(Cl)cc1C(N)CCO. The summed E-state index contributed by atoms with van der Waals surface area (Å²) in [4.78, 5) is 0. The van der Waals surface area contributed by atoms with Crippen molar-refractivity contribution in [2.75, 3.05) is 13.7 Å². The highest BCUT2D eigenvalue weighted by molar-refractivity contribution is 6.31. The van der Waals surface area contributed by atoms with Gasteiger partial charge in [-0.15, -0.1) is 0 Å². The smallest absolute Gasteiger partial charge is 0.123 e. The maximum Gasteiger partial charge on any atom is 0.123 e. The van der Waals surface area contributed by atoms with E-state index in [-0.39, 0.29) is 12.6 Å². The molecule has 0 aromatic heterocycles. The lowest BCUT2D eigenvalue weighted by molar-refractivity contribution is 0.275. The topological polar surface area (TPSA) is 55.5 Å². The molecule has 0 aliphatic carbocycles. The summed E-state index contributed by atoms with van der Waals surface area (Å²) in [7, 11) is 1.60. The summed E-state index contributed by atoms with van der Waals surface area (Å²) in [5, 5.41) is 9.50. The van der Waals surface area contributed by atoms with Crippen molar-refractivity contribution in [2.24, 2.45) is 5.73 Å². The summed E-state index contributed by atoms with van der Waals surface area (Å²) in [5.74, 6) is 0.720. The second kappa shape index (κ2) is 5.35. The normalized spacial score (nSPS) is 12.6. The van der Waals surface area contributed by atoms with Crippen molar-refractivity contribution in [2.45, 2.75) is 19.4 Å². The number of benzene rings is 1. The van der Waals surface area contributed by atoms with Gasteiger partial charge < -0.3 is 15.6 Å². The molecule has 0 aliphatic heterocycles. The van der Waals surface area contributed by atoms with Gasteiger partial charge in [-0.05, 0) is 31.0 Å². The van der Waals surface area contributed by atoms with Crippen LogP contribution in [0.3, 0.4) is 0 Å². The van der Waals surface area contributed by atoms with E-state index in [4.69, 9.17) is 27.2 Å². The van der Waals surface area contributed by atoms with Gasteiger partial charge >= 0.3 is 0 Å². The molecular weight excluding hydrogens is 214 g/mol. The average Bonchev–Trinajstić information content (AvgIpc) is 2.21. The van der Waals surface area contributed by atoms with Crippen LogP contribution in [0, 0.1) is 6.92 Å². The second-order valence-electron chi connectivity index (χ2n) is 3.46. The van der Waals surface area contributed by atoms with Crippen LogP contribution < -0.4 is 10.5 Å². The Hall–Kier alpha value is -0.770. The molecule has 0 heterocycles. The highest BCUT2D eigenvalue weighted by atomic mass is 35.5. The van der Waals surface area contributed by atoms with E-state index < -0.39 is 0 Å². The number of aliphatic hydroxyl groups is 1. The molecule has 0 amide bonds. The van der Waals surface area contributed by atoms with Gasteiger partial charge in [0.05, 0.1) is 7.11 Å². The van der Waals surface area contributed by atoms with Gasteiger partial charge in [0.15, 0.2) is 0 Å². The number of methoxy groups -OCH3 is 1. The van der Waals surface area contributed by atoms with E-state index >= 15 is 0 Å². The Kier molecular flexibility index (Phi) is 4.39. The Morgan fingerprint density at radius 3 is 2.73 bits per heavy atom. The Morgan fingerprint density at radius 2 is 2.20 bits per heavy atom. The molecule has 84 valence electrons. The Morgan fingerprint density at radius 1 is 1.53 bits per heavy atom. The first kappa shape index (κ1) is 12.3. The molecule has 1 rings (SSSR count). The predicted octanol–water partition coefficient (Wildman–Crippen LogP) is 2.04. The van der Waals surface area contributed by atoms with Crippen LogP contribution >= 0.6 is 11.6 Å². The lowest BCUT2D eigenvalue weighted by Crippen LogP contribution is -2.13. The van der Waals surface area contributed by atoms with Crippen LogP contribution in [-0.2, 0) is 0 Å². The third-order valence-corrected chi connectivity index (χ3v) is 2.76. The number of nitrogens with two attached hydrogens (primary N) is 1. The largest absolute Gasteiger partial charge is 0.496 e. The molecule has 3 N–H and O–H groups in total. The third-order valence-electron chi connectivity index (χ3n) is 2.35. The number of hydrogen-bond acceptors (Lipinski definition) is 3. The van der Waals surface area contributed by atoms with Crippen LogP contribution in [0.15, 0.2) is 12.1 Å². The van der Waals surface area contributed by atoms with Gasteiger partial charge in [0, 0.05) is 23.2 Å². The van der Waals surface area contributed by atoms with E-state index in [9.17, 15) is 0 Å². The molecule has 0 radical (unpaired) electrons. The highest BCUT2D eigenvalue weighted by Crippen LogP contribution is 2.31. The number of aryl methyl sites for hydroxylation is 1. The molecule has 1 unspecified atom stereocenters. The molecule has 0 spiro atoms. The lowest BCUT2D eigenvalue weighted by Gasteiger charge is -2.16. The molecule has 1 aromatic rings. The minimum atomic E-state index is -0.247. The number of rotatable bonds is 4. The van der Waals surface area contributed by atoms with Gasteiger partial charge in [-0.2, -0.15) is 0 Å². The van der Waals surface area contributed by atoms with Crippen molar-refractivity contribution in [3.05, 3.63) is 28.3 Å². The molecular formula is C11H16ClNO2. The highest BCUT2D eigenvalue weighted by Gasteiger charge is 2.13. The van der Waals surface area contributed by atoms with Crippen LogP contribution in [0.4, 0.5) is 0 Å². The van der Waals surface area contributed by atoms with Crippen molar-refractivity contribution < 1.29 is 9.84 Å². The van der Waals surface area contributed by atoms with E-state index in [1.807, 2.05) is 13.0 Å². The molecule has 4 heteroatoms. The van der Waals surface area contributed by atoms with Crippen LogP contribution in [0.25, 0.3) is 0 Å². The van der Waals surface area contributed by atoms with Crippen molar-refractivity contribution in [1.29, 1.82) is 0 Å². The summed E-state index contributed by atoms with van der Waals surface area (Å²) in [6.45, 7) is 1.96. The molecule has 1 atom stereocenters. The van der Waals surface area contributed by atoms with Gasteiger partial charge in [-0.3, -0.25) is 0 Å². The molecule has 1 aromatic carbocycles. The quantitative estimate of drug-likeness (QED) is 0.831. The third kappa shape index (κ3) is 2.84. The molecule has 0 saturated carbocycles. The maximum absolute atomic E-state index is 8.83. The standard InChI is InChI=1S/C11H16ClNO2/c1-7-5-11(15-2)8(6-9(7)12)10(13)3-4-14/h5-6,10,14H,3-4,13H2,1-2H3. The maximum atomic E-state index is 8.83. The first-order valence-electron chi connectivity index (χ1n) is 4.80. The van der Waals surface area contributed by atoms with E-state index in [0.29, 0.717) is 11.4 Å². The molecule has 3 nitrogen and oxygen atoms in total. The van der Waals surface area contributed by atoms with E-state index in [0.717, 1.165) is 16.9 Å². The molecule has 0 bridgehead atoms. The van der Waals surface area contributed by atoms with Crippen molar-refractivity contribution >= 4 is 11.6 Å². The summed E-state index contributed by atoms with van der Waals surface area (Å²) in [5.41, 5.74) is 7.69. The minimum Gasteiger partial charge on any atom is -0.496 e. The number of halogens is 1.